The fourth-order valence-electron chi connectivity index (χ4n) is 3.12. The van der Waals surface area contributed by atoms with Gasteiger partial charge in [-0.25, -0.2) is 15.0 Å². The Labute approximate surface area is 126 Å². The molecule has 0 spiro atoms. The van der Waals surface area contributed by atoms with Gasteiger partial charge < -0.3 is 0 Å². The van der Waals surface area contributed by atoms with Crippen molar-refractivity contribution in [1.82, 2.24) is 15.4 Å². The first-order valence-corrected chi connectivity index (χ1v) is 7.25. The van der Waals surface area contributed by atoms with Crippen molar-refractivity contribution in [2.45, 2.75) is 12.8 Å². The van der Waals surface area contributed by atoms with E-state index in [0.29, 0.717) is 18.7 Å². The quantitative estimate of drug-likeness (QED) is 0.810. The second-order valence-electron chi connectivity index (χ2n) is 5.52. The second kappa shape index (κ2) is 4.91. The third kappa shape index (κ3) is 1.88. The summed E-state index contributed by atoms with van der Waals surface area (Å²) in [6.45, 7) is 0. The van der Waals surface area contributed by atoms with E-state index in [2.05, 4.69) is 15.4 Å². The van der Waals surface area contributed by atoms with Crippen molar-refractivity contribution in [3.63, 3.8) is 0 Å². The molecule has 0 bridgehead atoms. The molecule has 2 atom stereocenters. The molecule has 2 aromatic rings. The van der Waals surface area contributed by atoms with Gasteiger partial charge in [-0.3, -0.25) is 15.0 Å². The van der Waals surface area contributed by atoms with Crippen LogP contribution in [-0.4, -0.2) is 21.8 Å². The summed E-state index contributed by atoms with van der Waals surface area (Å²) < 4.78 is 0. The normalized spacial score (nSPS) is 24.3. The van der Waals surface area contributed by atoms with Crippen molar-refractivity contribution in [1.29, 1.82) is 0 Å². The zero-order chi connectivity index (χ0) is 15.1. The zero-order valence-electron chi connectivity index (χ0n) is 11.8. The number of para-hydroxylation sites is 1. The number of nitrogens with one attached hydrogen (secondary N) is 1. The van der Waals surface area contributed by atoms with Crippen LogP contribution in [0.25, 0.3) is 10.9 Å². The Morgan fingerprint density at radius 2 is 1.82 bits per heavy atom. The molecular weight excluding hydrogens is 280 g/mol. The van der Waals surface area contributed by atoms with E-state index >= 15 is 0 Å². The lowest BCUT2D eigenvalue weighted by Crippen LogP contribution is -2.59. The Kier molecular flexibility index (Phi) is 2.89. The number of amides is 2. The number of fused-ring (bicyclic) bond motifs is 2. The van der Waals surface area contributed by atoms with Crippen LogP contribution in [-0.2, 0) is 9.59 Å². The first kappa shape index (κ1) is 12.9. The highest BCUT2D eigenvalue weighted by Crippen LogP contribution is 2.33. The molecule has 6 nitrogen and oxygen atoms in total. The summed E-state index contributed by atoms with van der Waals surface area (Å²) in [5.74, 6) is -0.402. The predicted molar refractivity (Wildman–Crippen MR) is 80.5 cm³/mol. The number of hydrazine groups is 1. The maximum absolute atomic E-state index is 12.8. The minimum atomic E-state index is -0.313. The van der Waals surface area contributed by atoms with Gasteiger partial charge in [0.2, 0.25) is 5.91 Å². The molecule has 1 saturated heterocycles. The van der Waals surface area contributed by atoms with E-state index in [-0.39, 0.29) is 23.7 Å². The van der Waals surface area contributed by atoms with Crippen LogP contribution in [0, 0.1) is 11.8 Å². The molecule has 2 aliphatic rings. The molecule has 1 aliphatic carbocycles. The van der Waals surface area contributed by atoms with Crippen molar-refractivity contribution >= 4 is 28.5 Å². The van der Waals surface area contributed by atoms with E-state index in [1.807, 2.05) is 36.4 Å². The number of hydrogen-bond donors (Lipinski definition) is 1. The number of nitrogens with zero attached hydrogens (tertiary/aromatic N) is 3. The van der Waals surface area contributed by atoms with Gasteiger partial charge in [0.15, 0.2) is 5.82 Å². The Balaban J connectivity index is 1.80. The smallest absolute Gasteiger partial charge is 0.251 e. The molecule has 1 aromatic carbocycles. The fourth-order valence-corrected chi connectivity index (χ4v) is 3.12. The largest absolute Gasteiger partial charge is 0.273 e. The monoisotopic (exact) mass is 294 g/mol. The van der Waals surface area contributed by atoms with Crippen molar-refractivity contribution in [3.8, 4) is 0 Å². The van der Waals surface area contributed by atoms with Crippen LogP contribution >= 0.6 is 0 Å². The first-order chi connectivity index (χ1) is 10.8. The molecule has 2 amide bonds. The van der Waals surface area contributed by atoms with Crippen molar-refractivity contribution in [2.75, 3.05) is 5.01 Å². The molecule has 0 radical (unpaired) electrons. The highest BCUT2D eigenvalue weighted by molar-refractivity contribution is 6.07. The van der Waals surface area contributed by atoms with Crippen LogP contribution in [0.3, 0.4) is 0 Å². The van der Waals surface area contributed by atoms with E-state index in [9.17, 15) is 9.59 Å². The number of rotatable bonds is 1. The maximum Gasteiger partial charge on any atom is 0.251 e. The van der Waals surface area contributed by atoms with Gasteiger partial charge in [-0.15, -0.1) is 0 Å². The highest BCUT2D eigenvalue weighted by Gasteiger charge is 2.43. The van der Waals surface area contributed by atoms with Gasteiger partial charge in [0.05, 0.1) is 17.4 Å². The molecule has 1 aliphatic heterocycles. The van der Waals surface area contributed by atoms with Crippen LogP contribution in [0.15, 0.2) is 42.7 Å². The Bertz CT molecular complexity index is 796. The summed E-state index contributed by atoms with van der Waals surface area (Å²) in [5, 5.41) is 2.02. The van der Waals surface area contributed by atoms with E-state index in [1.165, 1.54) is 11.3 Å². The van der Waals surface area contributed by atoms with Crippen LogP contribution in [0.1, 0.15) is 12.8 Å². The lowest BCUT2D eigenvalue weighted by atomic mass is 9.80. The molecular formula is C16H14N4O2. The summed E-state index contributed by atoms with van der Waals surface area (Å²) in [6, 6.07) is 7.43. The summed E-state index contributed by atoms with van der Waals surface area (Å²) in [4.78, 5) is 33.5. The number of hydrogen-bond acceptors (Lipinski definition) is 4. The SMILES string of the molecule is O=C1NN(c2ncnc3ccccc23)C(=O)[C@@H]2CC=CC[C@H]12. The Morgan fingerprint density at radius 1 is 1.05 bits per heavy atom. The average Bonchev–Trinajstić information content (AvgIpc) is 2.58. The average molecular weight is 294 g/mol. The van der Waals surface area contributed by atoms with Gasteiger partial charge in [-0.2, -0.15) is 0 Å². The number of anilines is 1. The van der Waals surface area contributed by atoms with Crippen LogP contribution in [0.4, 0.5) is 5.82 Å². The summed E-state index contributed by atoms with van der Waals surface area (Å²) in [5.41, 5.74) is 3.43. The molecule has 2 heterocycles. The van der Waals surface area contributed by atoms with E-state index in [0.717, 1.165) is 10.9 Å². The topological polar surface area (TPSA) is 75.2 Å². The van der Waals surface area contributed by atoms with Gasteiger partial charge in [0.1, 0.15) is 6.33 Å². The Hall–Kier alpha value is -2.76. The van der Waals surface area contributed by atoms with E-state index in [1.54, 1.807) is 0 Å². The summed E-state index contributed by atoms with van der Waals surface area (Å²) >= 11 is 0. The minimum Gasteiger partial charge on any atom is -0.273 e. The number of benzene rings is 1. The van der Waals surface area contributed by atoms with Crippen LogP contribution in [0.2, 0.25) is 0 Å². The third-order valence-corrected chi connectivity index (χ3v) is 4.26. The standard InChI is InChI=1S/C16H14N4O2/c21-15-10-5-1-2-6-11(10)16(22)20(19-15)14-12-7-3-4-8-13(12)17-9-18-14/h1-4,7-11H,5-6H2,(H,19,21)/t10-,11+/m0/s1. The van der Waals surface area contributed by atoms with Crippen LogP contribution < -0.4 is 10.4 Å². The number of allylic oxidation sites excluding steroid dienone is 2. The molecule has 1 aromatic heterocycles. The summed E-state index contributed by atoms with van der Waals surface area (Å²) in [6.07, 6.45) is 6.54. The molecule has 4 rings (SSSR count). The first-order valence-electron chi connectivity index (χ1n) is 7.25. The fraction of sp³-hybridized carbons (Fsp3) is 0.250. The van der Waals surface area contributed by atoms with E-state index < -0.39 is 0 Å². The molecule has 1 fully saturated rings. The van der Waals surface area contributed by atoms with Crippen molar-refractivity contribution < 1.29 is 9.59 Å². The third-order valence-electron chi connectivity index (χ3n) is 4.26. The molecule has 0 unspecified atom stereocenters. The molecule has 0 saturated carbocycles. The second-order valence-corrected chi connectivity index (χ2v) is 5.52. The maximum atomic E-state index is 12.8. The van der Waals surface area contributed by atoms with Gasteiger partial charge in [0, 0.05) is 5.39 Å². The molecule has 22 heavy (non-hydrogen) atoms. The number of carbonyl (C=O) groups excluding carboxylic acids is 2. The Morgan fingerprint density at radius 3 is 2.68 bits per heavy atom. The van der Waals surface area contributed by atoms with Gasteiger partial charge in [-0.1, -0.05) is 24.3 Å². The van der Waals surface area contributed by atoms with Crippen molar-refractivity contribution in [3.05, 3.63) is 42.7 Å². The van der Waals surface area contributed by atoms with E-state index in [4.69, 9.17) is 0 Å². The predicted octanol–water partition coefficient (Wildman–Crippen LogP) is 1.59. The van der Waals surface area contributed by atoms with Gasteiger partial charge >= 0.3 is 0 Å². The van der Waals surface area contributed by atoms with Gasteiger partial charge in [0.25, 0.3) is 5.91 Å². The zero-order valence-corrected chi connectivity index (χ0v) is 11.8. The molecule has 6 heteroatoms. The lowest BCUT2D eigenvalue weighted by Gasteiger charge is -2.37. The number of aromatic nitrogens is 2. The van der Waals surface area contributed by atoms with Crippen molar-refractivity contribution in [2.24, 2.45) is 11.8 Å². The van der Waals surface area contributed by atoms with Crippen LogP contribution in [0.5, 0.6) is 0 Å². The lowest BCUT2D eigenvalue weighted by molar-refractivity contribution is -0.140. The minimum absolute atomic E-state index is 0.113. The number of carbonyl (C=O) groups is 2. The molecule has 1 N–H and O–H groups in total. The summed E-state index contributed by atoms with van der Waals surface area (Å²) in [7, 11) is 0. The van der Waals surface area contributed by atoms with Gasteiger partial charge in [-0.05, 0) is 25.0 Å². The highest BCUT2D eigenvalue weighted by atomic mass is 16.2. The molecule has 110 valence electrons.